The fourth-order valence-electron chi connectivity index (χ4n) is 2.24. The summed E-state index contributed by atoms with van der Waals surface area (Å²) in [6.07, 6.45) is 0.486. The van der Waals surface area contributed by atoms with Crippen molar-refractivity contribution >= 4 is 34.8 Å². The zero-order valence-electron chi connectivity index (χ0n) is 13.8. The van der Waals surface area contributed by atoms with Crippen LogP contribution in [0.5, 0.6) is 5.75 Å². The lowest BCUT2D eigenvalue weighted by Gasteiger charge is -2.07. The van der Waals surface area contributed by atoms with E-state index in [1.807, 2.05) is 12.1 Å². The minimum Gasteiger partial charge on any atom is -0.497 e. The molecule has 3 aromatic rings. The molecule has 3 rings (SSSR count). The highest BCUT2D eigenvalue weighted by Crippen LogP contribution is 2.29. The van der Waals surface area contributed by atoms with E-state index in [0.717, 1.165) is 11.3 Å². The minimum absolute atomic E-state index is 0.174. The van der Waals surface area contributed by atoms with E-state index >= 15 is 0 Å². The number of benzene rings is 2. The van der Waals surface area contributed by atoms with Crippen LogP contribution in [-0.4, -0.2) is 23.2 Å². The van der Waals surface area contributed by atoms with Gasteiger partial charge in [-0.15, -0.1) is 10.2 Å². The molecule has 0 unspecified atom stereocenters. The quantitative estimate of drug-likeness (QED) is 0.662. The van der Waals surface area contributed by atoms with Gasteiger partial charge in [0, 0.05) is 18.4 Å². The predicted octanol–water partition coefficient (Wildman–Crippen LogP) is 4.62. The van der Waals surface area contributed by atoms with Crippen LogP contribution >= 0.6 is 23.2 Å². The third-order valence-electron chi connectivity index (χ3n) is 3.60. The molecule has 1 amide bonds. The third-order valence-corrected chi connectivity index (χ3v) is 4.41. The summed E-state index contributed by atoms with van der Waals surface area (Å²) in [5, 5.41) is 11.4. The van der Waals surface area contributed by atoms with Crippen molar-refractivity contribution in [2.75, 3.05) is 12.4 Å². The van der Waals surface area contributed by atoms with E-state index in [4.69, 9.17) is 32.4 Å². The number of ether oxygens (including phenoxy) is 1. The number of amides is 1. The first-order chi connectivity index (χ1) is 12.6. The fraction of sp³-hybridized carbons (Fsp3) is 0.167. The molecule has 0 aliphatic heterocycles. The van der Waals surface area contributed by atoms with Crippen molar-refractivity contribution in [3.63, 3.8) is 0 Å². The molecule has 134 valence electrons. The molecule has 8 heteroatoms. The number of anilines is 1. The second-order valence-electron chi connectivity index (χ2n) is 5.38. The number of methoxy groups -OCH3 is 1. The second kappa shape index (κ2) is 8.21. The normalized spacial score (nSPS) is 10.6. The Kier molecular flexibility index (Phi) is 5.75. The Hall–Kier alpha value is -2.57. The molecule has 1 N–H and O–H groups in total. The van der Waals surface area contributed by atoms with Crippen LogP contribution in [0.2, 0.25) is 10.0 Å². The monoisotopic (exact) mass is 391 g/mol. The molecule has 0 aliphatic rings. The van der Waals surface area contributed by atoms with Crippen LogP contribution in [0.15, 0.2) is 46.9 Å². The highest BCUT2D eigenvalue weighted by molar-refractivity contribution is 6.43. The summed E-state index contributed by atoms with van der Waals surface area (Å²) in [4.78, 5) is 12.1. The van der Waals surface area contributed by atoms with Gasteiger partial charge in [0.1, 0.15) is 5.75 Å². The Morgan fingerprint density at radius 3 is 2.65 bits per heavy atom. The van der Waals surface area contributed by atoms with Crippen LogP contribution < -0.4 is 10.1 Å². The van der Waals surface area contributed by atoms with Gasteiger partial charge in [0.25, 0.3) is 0 Å². The number of halogens is 2. The molecular formula is C18H15Cl2N3O3. The number of rotatable bonds is 6. The third kappa shape index (κ3) is 4.33. The van der Waals surface area contributed by atoms with Crippen LogP contribution in [-0.2, 0) is 11.2 Å². The summed E-state index contributed by atoms with van der Waals surface area (Å²) in [5.41, 5.74) is 1.24. The van der Waals surface area contributed by atoms with Gasteiger partial charge >= 0.3 is 0 Å². The molecule has 0 radical (unpaired) electrons. The maximum Gasteiger partial charge on any atom is 0.247 e. The van der Waals surface area contributed by atoms with Crippen molar-refractivity contribution in [3.8, 4) is 17.2 Å². The Balaban J connectivity index is 1.59. The molecule has 0 saturated carbocycles. The zero-order chi connectivity index (χ0) is 18.5. The molecule has 6 nitrogen and oxygen atoms in total. The summed E-state index contributed by atoms with van der Waals surface area (Å²) in [5.74, 6) is 1.28. The number of aromatic nitrogens is 2. The maximum atomic E-state index is 12.1. The van der Waals surface area contributed by atoms with Crippen LogP contribution in [0.1, 0.15) is 12.3 Å². The van der Waals surface area contributed by atoms with Crippen molar-refractivity contribution < 1.29 is 13.9 Å². The Morgan fingerprint density at radius 2 is 1.92 bits per heavy atom. The van der Waals surface area contributed by atoms with Crippen LogP contribution in [0.25, 0.3) is 11.5 Å². The van der Waals surface area contributed by atoms with Gasteiger partial charge in [-0.1, -0.05) is 29.3 Å². The lowest BCUT2D eigenvalue weighted by atomic mass is 10.2. The summed E-state index contributed by atoms with van der Waals surface area (Å²) in [6.45, 7) is 0. The van der Waals surface area contributed by atoms with Crippen LogP contribution in [0.3, 0.4) is 0 Å². The molecule has 0 fully saturated rings. The van der Waals surface area contributed by atoms with Crippen molar-refractivity contribution in [2.24, 2.45) is 0 Å². The average molecular weight is 392 g/mol. The Morgan fingerprint density at radius 1 is 1.15 bits per heavy atom. The van der Waals surface area contributed by atoms with E-state index < -0.39 is 0 Å². The molecule has 1 heterocycles. The first-order valence-corrected chi connectivity index (χ1v) is 8.53. The zero-order valence-corrected chi connectivity index (χ0v) is 15.3. The standard InChI is InChI=1S/C18H15Cl2N3O3/c1-25-12-7-5-11(6-8-12)18-23-22-16(26-18)10-9-15(24)21-14-4-2-3-13(19)17(14)20/h2-8H,9-10H2,1H3,(H,21,24). The van der Waals surface area contributed by atoms with Gasteiger partial charge in [0.05, 0.1) is 22.8 Å². The smallest absolute Gasteiger partial charge is 0.247 e. The molecule has 0 spiro atoms. The first kappa shape index (κ1) is 18.2. The van der Waals surface area contributed by atoms with Crippen molar-refractivity contribution in [3.05, 3.63) is 58.4 Å². The summed E-state index contributed by atoms with van der Waals surface area (Å²) in [6, 6.07) is 12.3. The van der Waals surface area contributed by atoms with Crippen LogP contribution in [0.4, 0.5) is 5.69 Å². The van der Waals surface area contributed by atoms with Gasteiger partial charge in [0.2, 0.25) is 17.7 Å². The van der Waals surface area contributed by atoms with Crippen molar-refractivity contribution in [1.82, 2.24) is 10.2 Å². The minimum atomic E-state index is -0.224. The molecule has 0 saturated heterocycles. The van der Waals surface area contributed by atoms with E-state index in [1.165, 1.54) is 0 Å². The maximum absolute atomic E-state index is 12.1. The number of aryl methyl sites for hydroxylation is 1. The van der Waals surface area contributed by atoms with Gasteiger partial charge in [-0.2, -0.15) is 0 Å². The largest absolute Gasteiger partial charge is 0.497 e. The molecule has 2 aromatic carbocycles. The van der Waals surface area contributed by atoms with E-state index in [2.05, 4.69) is 15.5 Å². The average Bonchev–Trinajstić information content (AvgIpc) is 3.13. The van der Waals surface area contributed by atoms with E-state index in [-0.39, 0.29) is 12.3 Å². The SMILES string of the molecule is COc1ccc(-c2nnc(CCC(=O)Nc3cccc(Cl)c3Cl)o2)cc1. The molecule has 0 atom stereocenters. The number of hydrogen-bond donors (Lipinski definition) is 1. The van der Waals surface area contributed by atoms with Crippen molar-refractivity contribution in [1.29, 1.82) is 0 Å². The predicted molar refractivity (Wildman–Crippen MR) is 99.7 cm³/mol. The first-order valence-electron chi connectivity index (χ1n) is 7.77. The molecule has 1 aromatic heterocycles. The lowest BCUT2D eigenvalue weighted by Crippen LogP contribution is -2.12. The fourth-order valence-corrected chi connectivity index (χ4v) is 2.59. The Bertz CT molecular complexity index is 910. The second-order valence-corrected chi connectivity index (χ2v) is 6.16. The highest BCUT2D eigenvalue weighted by Gasteiger charge is 2.12. The number of nitrogens with one attached hydrogen (secondary N) is 1. The Labute approximate surface area is 160 Å². The number of hydrogen-bond acceptors (Lipinski definition) is 5. The van der Waals surface area contributed by atoms with Crippen molar-refractivity contribution in [2.45, 2.75) is 12.8 Å². The van der Waals surface area contributed by atoms with E-state index in [0.29, 0.717) is 33.9 Å². The number of nitrogens with zero attached hydrogens (tertiary/aromatic N) is 2. The van der Waals surface area contributed by atoms with Gasteiger partial charge in [0.15, 0.2) is 0 Å². The summed E-state index contributed by atoms with van der Waals surface area (Å²) in [7, 11) is 1.60. The summed E-state index contributed by atoms with van der Waals surface area (Å²) < 4.78 is 10.7. The van der Waals surface area contributed by atoms with E-state index in [1.54, 1.807) is 37.4 Å². The molecule has 0 aliphatic carbocycles. The van der Waals surface area contributed by atoms with Gasteiger partial charge < -0.3 is 14.5 Å². The van der Waals surface area contributed by atoms with Gasteiger partial charge in [-0.05, 0) is 36.4 Å². The topological polar surface area (TPSA) is 77.2 Å². The lowest BCUT2D eigenvalue weighted by molar-refractivity contribution is -0.116. The number of carbonyl (C=O) groups is 1. The summed E-state index contributed by atoms with van der Waals surface area (Å²) >= 11 is 12.0. The number of carbonyl (C=O) groups excluding carboxylic acids is 1. The molecule has 26 heavy (non-hydrogen) atoms. The van der Waals surface area contributed by atoms with E-state index in [9.17, 15) is 4.79 Å². The van der Waals surface area contributed by atoms with Crippen LogP contribution in [0, 0.1) is 0 Å². The van der Waals surface area contributed by atoms with Gasteiger partial charge in [-0.3, -0.25) is 4.79 Å². The highest BCUT2D eigenvalue weighted by atomic mass is 35.5. The van der Waals surface area contributed by atoms with Gasteiger partial charge in [-0.25, -0.2) is 0 Å². The molecule has 0 bridgehead atoms. The molecular weight excluding hydrogens is 377 g/mol.